The zero-order valence-corrected chi connectivity index (χ0v) is 17.7. The number of fused-ring (bicyclic) bond motifs is 1. The van der Waals surface area contributed by atoms with E-state index in [1.807, 2.05) is 24.3 Å². The molecule has 3 aromatic rings. The highest BCUT2D eigenvalue weighted by atomic mass is 35.5. The molecule has 0 aliphatic rings. The molecule has 3 rings (SSSR count). The molecule has 0 spiro atoms. The predicted molar refractivity (Wildman–Crippen MR) is 116 cm³/mol. The molecule has 150 valence electrons. The average molecular weight is 450 g/mol. The normalized spacial score (nSPS) is 12.0. The fourth-order valence-electron chi connectivity index (χ4n) is 2.63. The van der Waals surface area contributed by atoms with Crippen LogP contribution in [0, 0.1) is 0 Å². The van der Waals surface area contributed by atoms with Gasteiger partial charge < -0.3 is 0 Å². The fourth-order valence-corrected chi connectivity index (χ4v) is 4.29. The van der Waals surface area contributed by atoms with E-state index in [1.54, 1.807) is 30.3 Å². The third kappa shape index (κ3) is 4.94. The van der Waals surface area contributed by atoms with Crippen LogP contribution in [-0.2, 0) is 14.8 Å². The number of benzene rings is 3. The van der Waals surface area contributed by atoms with Gasteiger partial charge in [-0.1, -0.05) is 59.6 Å². The van der Waals surface area contributed by atoms with Crippen LogP contribution in [-0.4, -0.2) is 38.4 Å². The van der Waals surface area contributed by atoms with E-state index >= 15 is 0 Å². The van der Waals surface area contributed by atoms with Crippen LogP contribution in [0.25, 0.3) is 10.8 Å². The van der Waals surface area contributed by atoms with Crippen molar-refractivity contribution in [2.24, 2.45) is 5.10 Å². The first-order chi connectivity index (χ1) is 13.8. The summed E-state index contributed by atoms with van der Waals surface area (Å²) in [7, 11) is -2.51. The molecule has 0 bridgehead atoms. The number of hydrogen-bond donors (Lipinski definition) is 1. The number of sulfonamides is 1. The van der Waals surface area contributed by atoms with Crippen LogP contribution in [0.15, 0.2) is 70.7 Å². The maximum Gasteiger partial charge on any atom is 0.255 e. The summed E-state index contributed by atoms with van der Waals surface area (Å²) in [5.41, 5.74) is 2.73. The van der Waals surface area contributed by atoms with Gasteiger partial charge in [0.25, 0.3) is 5.91 Å². The number of halogens is 2. The monoisotopic (exact) mass is 449 g/mol. The van der Waals surface area contributed by atoms with Gasteiger partial charge in [-0.3, -0.25) is 4.79 Å². The Morgan fingerprint density at radius 3 is 2.38 bits per heavy atom. The summed E-state index contributed by atoms with van der Waals surface area (Å²) in [5.74, 6) is -0.601. The Bertz CT molecular complexity index is 1180. The van der Waals surface area contributed by atoms with E-state index in [9.17, 15) is 13.2 Å². The molecular weight excluding hydrogens is 433 g/mol. The molecule has 1 amide bonds. The number of likely N-dealkylation sites (N-methyl/N-ethyl adjacent to an activating group) is 1. The molecule has 6 nitrogen and oxygen atoms in total. The smallest absolute Gasteiger partial charge is 0.255 e. The summed E-state index contributed by atoms with van der Waals surface area (Å²) in [6, 6.07) is 17.2. The van der Waals surface area contributed by atoms with E-state index in [0.717, 1.165) is 15.1 Å². The van der Waals surface area contributed by atoms with Gasteiger partial charge in [-0.25, -0.2) is 13.8 Å². The number of rotatable bonds is 6. The van der Waals surface area contributed by atoms with Gasteiger partial charge in [0.05, 0.1) is 27.7 Å². The molecule has 3 aromatic carbocycles. The molecule has 0 atom stereocenters. The fraction of sp³-hybridized carbons (Fsp3) is 0.100. The Kier molecular flexibility index (Phi) is 6.54. The molecule has 9 heteroatoms. The summed E-state index contributed by atoms with van der Waals surface area (Å²) in [4.78, 5) is 12.2. The van der Waals surface area contributed by atoms with Crippen molar-refractivity contribution in [3.05, 3.63) is 76.3 Å². The Morgan fingerprint density at radius 2 is 1.69 bits per heavy atom. The number of carbonyl (C=O) groups excluding carboxylic acids is 1. The second-order valence-corrected chi connectivity index (χ2v) is 9.06. The van der Waals surface area contributed by atoms with Gasteiger partial charge in [0, 0.05) is 12.6 Å². The van der Waals surface area contributed by atoms with E-state index in [-0.39, 0.29) is 4.90 Å². The van der Waals surface area contributed by atoms with Gasteiger partial charge in [-0.15, -0.1) is 0 Å². The van der Waals surface area contributed by atoms with Crippen molar-refractivity contribution in [3.8, 4) is 0 Å². The summed E-state index contributed by atoms with van der Waals surface area (Å²) < 4.78 is 26.5. The third-order valence-electron chi connectivity index (χ3n) is 4.18. The number of carbonyl (C=O) groups is 1. The Hall–Kier alpha value is -2.45. The van der Waals surface area contributed by atoms with Crippen LogP contribution in [0.5, 0.6) is 0 Å². The molecule has 0 radical (unpaired) electrons. The van der Waals surface area contributed by atoms with Gasteiger partial charge in [0.1, 0.15) is 0 Å². The van der Waals surface area contributed by atoms with Crippen molar-refractivity contribution in [2.75, 3.05) is 13.6 Å². The average Bonchev–Trinajstić information content (AvgIpc) is 2.69. The van der Waals surface area contributed by atoms with Crippen LogP contribution < -0.4 is 5.43 Å². The van der Waals surface area contributed by atoms with Gasteiger partial charge in [0.2, 0.25) is 10.0 Å². The lowest BCUT2D eigenvalue weighted by Crippen LogP contribution is -2.36. The highest BCUT2D eigenvalue weighted by Crippen LogP contribution is 2.22. The molecule has 0 saturated carbocycles. The highest BCUT2D eigenvalue weighted by Gasteiger charge is 2.23. The van der Waals surface area contributed by atoms with Gasteiger partial charge in [0.15, 0.2) is 0 Å². The Morgan fingerprint density at radius 1 is 1.03 bits per heavy atom. The molecular formula is C20H17Cl2N3O3S. The maximum absolute atomic E-state index is 12.8. The zero-order valence-electron chi connectivity index (χ0n) is 15.3. The van der Waals surface area contributed by atoms with E-state index < -0.39 is 22.5 Å². The Balaban J connectivity index is 1.68. The lowest BCUT2D eigenvalue weighted by atomic mass is 10.1. The lowest BCUT2D eigenvalue weighted by Gasteiger charge is -2.16. The molecule has 0 fully saturated rings. The van der Waals surface area contributed by atoms with Crippen LogP contribution >= 0.6 is 23.2 Å². The molecule has 0 aliphatic heterocycles. The second kappa shape index (κ2) is 8.92. The lowest BCUT2D eigenvalue weighted by molar-refractivity contribution is -0.121. The molecule has 1 N–H and O–H groups in total. The first-order valence-electron chi connectivity index (χ1n) is 8.50. The Labute approximate surface area is 178 Å². The summed E-state index contributed by atoms with van der Waals surface area (Å²) >= 11 is 12.0. The van der Waals surface area contributed by atoms with E-state index in [0.29, 0.717) is 15.6 Å². The molecule has 0 unspecified atom stereocenters. The maximum atomic E-state index is 12.8. The number of nitrogens with zero attached hydrogens (tertiary/aromatic N) is 2. The first kappa shape index (κ1) is 21.3. The van der Waals surface area contributed by atoms with Crippen molar-refractivity contribution < 1.29 is 13.2 Å². The van der Waals surface area contributed by atoms with Crippen molar-refractivity contribution in [2.45, 2.75) is 4.90 Å². The first-order valence-corrected chi connectivity index (χ1v) is 10.7. The zero-order chi connectivity index (χ0) is 21.0. The van der Waals surface area contributed by atoms with Crippen molar-refractivity contribution in [1.82, 2.24) is 9.73 Å². The minimum Gasteiger partial charge on any atom is -0.272 e. The SMILES string of the molecule is CN(CC(=O)NN=Cc1c(Cl)cccc1Cl)S(=O)(=O)c1ccc2ccccc2c1. The van der Waals surface area contributed by atoms with E-state index in [4.69, 9.17) is 23.2 Å². The highest BCUT2D eigenvalue weighted by molar-refractivity contribution is 7.89. The standard InChI is InChI=1S/C20H17Cl2N3O3S/c1-25(13-20(26)24-23-12-17-18(21)7-4-8-19(17)22)29(27,28)16-10-9-14-5-2-3-6-15(14)11-16/h2-12H,13H2,1H3,(H,24,26). The van der Waals surface area contributed by atoms with Crippen LogP contribution in [0.4, 0.5) is 0 Å². The van der Waals surface area contributed by atoms with Crippen LogP contribution in [0.3, 0.4) is 0 Å². The molecule has 0 aromatic heterocycles. The third-order valence-corrected chi connectivity index (χ3v) is 6.64. The number of hydrazone groups is 1. The van der Waals surface area contributed by atoms with Crippen molar-refractivity contribution in [3.63, 3.8) is 0 Å². The molecule has 0 aliphatic carbocycles. The number of amides is 1. The van der Waals surface area contributed by atoms with Gasteiger partial charge in [-0.2, -0.15) is 9.41 Å². The summed E-state index contributed by atoms with van der Waals surface area (Å²) in [6.45, 7) is -0.400. The molecule has 29 heavy (non-hydrogen) atoms. The molecule has 0 saturated heterocycles. The van der Waals surface area contributed by atoms with Crippen LogP contribution in [0.2, 0.25) is 10.0 Å². The largest absolute Gasteiger partial charge is 0.272 e. The summed E-state index contributed by atoms with van der Waals surface area (Å²) in [6.07, 6.45) is 1.31. The predicted octanol–water partition coefficient (Wildman–Crippen LogP) is 3.92. The minimum absolute atomic E-state index is 0.109. The minimum atomic E-state index is -3.84. The van der Waals surface area contributed by atoms with Crippen molar-refractivity contribution in [1.29, 1.82) is 0 Å². The topological polar surface area (TPSA) is 78.8 Å². The van der Waals surface area contributed by atoms with Gasteiger partial charge in [-0.05, 0) is 35.0 Å². The van der Waals surface area contributed by atoms with Crippen LogP contribution in [0.1, 0.15) is 5.56 Å². The van der Waals surface area contributed by atoms with Crippen molar-refractivity contribution >= 4 is 56.1 Å². The van der Waals surface area contributed by atoms with E-state index in [1.165, 1.54) is 19.3 Å². The number of hydrogen-bond acceptors (Lipinski definition) is 4. The van der Waals surface area contributed by atoms with E-state index in [2.05, 4.69) is 10.5 Å². The number of nitrogens with one attached hydrogen (secondary N) is 1. The van der Waals surface area contributed by atoms with Gasteiger partial charge >= 0.3 is 0 Å². The molecule has 0 heterocycles. The second-order valence-electron chi connectivity index (χ2n) is 6.20. The summed E-state index contributed by atoms with van der Waals surface area (Å²) in [5, 5.41) is 6.29. The quantitative estimate of drug-likeness (QED) is 0.457.